The Hall–Kier alpha value is -2.49. The van der Waals surface area contributed by atoms with E-state index in [1.807, 2.05) is 18.9 Å². The molecule has 2 aromatic carbocycles. The van der Waals surface area contributed by atoms with E-state index in [2.05, 4.69) is 26.0 Å². The van der Waals surface area contributed by atoms with Crippen LogP contribution in [0.2, 0.25) is 0 Å². The lowest BCUT2D eigenvalue weighted by Gasteiger charge is -2.25. The minimum absolute atomic E-state index is 0.0927. The zero-order valence-corrected chi connectivity index (χ0v) is 12.6. The lowest BCUT2D eigenvalue weighted by molar-refractivity contribution is 0.0694. The average molecular weight is 285 g/mol. The van der Waals surface area contributed by atoms with Crippen LogP contribution in [0.4, 0.5) is 11.4 Å². The van der Waals surface area contributed by atoms with E-state index in [0.29, 0.717) is 0 Å². The van der Waals surface area contributed by atoms with Gasteiger partial charge in [-0.2, -0.15) is 0 Å². The van der Waals surface area contributed by atoms with Gasteiger partial charge >= 0.3 is 5.97 Å². The number of phenols is 1. The van der Waals surface area contributed by atoms with Crippen LogP contribution < -0.4 is 4.90 Å². The molecule has 0 amide bonds. The normalized spacial score (nSPS) is 10.5. The van der Waals surface area contributed by atoms with Gasteiger partial charge in [-0.15, -0.1) is 0 Å². The second-order valence-electron chi connectivity index (χ2n) is 5.24. The lowest BCUT2D eigenvalue weighted by atomic mass is 10.0. The Morgan fingerprint density at radius 1 is 1.05 bits per heavy atom. The Labute approximate surface area is 124 Å². The first-order valence-corrected chi connectivity index (χ1v) is 6.69. The highest BCUT2D eigenvalue weighted by atomic mass is 16.4. The van der Waals surface area contributed by atoms with Crippen molar-refractivity contribution in [2.45, 2.75) is 20.8 Å². The van der Waals surface area contributed by atoms with Crippen molar-refractivity contribution < 1.29 is 15.0 Å². The first kappa shape index (κ1) is 14.9. The van der Waals surface area contributed by atoms with Gasteiger partial charge in [-0.25, -0.2) is 4.79 Å². The number of aromatic hydroxyl groups is 1. The minimum Gasteiger partial charge on any atom is -0.507 e. The fourth-order valence-electron chi connectivity index (χ4n) is 2.49. The zero-order valence-electron chi connectivity index (χ0n) is 12.6. The van der Waals surface area contributed by atoms with Crippen molar-refractivity contribution in [1.82, 2.24) is 0 Å². The molecule has 0 aliphatic heterocycles. The summed E-state index contributed by atoms with van der Waals surface area (Å²) in [6, 6.07) is 8.73. The number of carboxylic acid groups (broad SMARTS) is 1. The molecule has 0 aliphatic rings. The Morgan fingerprint density at radius 2 is 1.67 bits per heavy atom. The quantitative estimate of drug-likeness (QED) is 0.901. The van der Waals surface area contributed by atoms with Gasteiger partial charge in [-0.05, 0) is 49.6 Å². The number of aromatic carboxylic acids is 1. The maximum atomic E-state index is 11.0. The SMILES string of the molecule is Cc1ccc(C)c(N(C)c2ccc(C(=O)O)c(O)c2)c1C. The Kier molecular flexibility index (Phi) is 3.89. The van der Waals surface area contributed by atoms with E-state index >= 15 is 0 Å². The molecular weight excluding hydrogens is 266 g/mol. The van der Waals surface area contributed by atoms with Crippen molar-refractivity contribution in [1.29, 1.82) is 0 Å². The molecule has 0 saturated carbocycles. The Balaban J connectivity index is 2.51. The summed E-state index contributed by atoms with van der Waals surface area (Å²) < 4.78 is 0. The number of hydrogen-bond acceptors (Lipinski definition) is 3. The van der Waals surface area contributed by atoms with Crippen LogP contribution >= 0.6 is 0 Å². The minimum atomic E-state index is -1.13. The smallest absolute Gasteiger partial charge is 0.339 e. The maximum absolute atomic E-state index is 11.0. The molecule has 0 radical (unpaired) electrons. The largest absolute Gasteiger partial charge is 0.507 e. The van der Waals surface area contributed by atoms with Crippen LogP contribution in [-0.4, -0.2) is 23.2 Å². The number of aryl methyl sites for hydroxylation is 2. The Morgan fingerprint density at radius 3 is 2.24 bits per heavy atom. The van der Waals surface area contributed by atoms with Crippen LogP contribution in [0.5, 0.6) is 5.75 Å². The third kappa shape index (κ3) is 2.70. The highest BCUT2D eigenvalue weighted by Gasteiger charge is 2.15. The molecule has 2 aromatic rings. The van der Waals surface area contributed by atoms with Gasteiger partial charge in [0, 0.05) is 24.5 Å². The van der Waals surface area contributed by atoms with E-state index in [9.17, 15) is 9.90 Å². The van der Waals surface area contributed by atoms with Crippen molar-refractivity contribution in [3.05, 3.63) is 52.6 Å². The first-order valence-electron chi connectivity index (χ1n) is 6.69. The summed E-state index contributed by atoms with van der Waals surface area (Å²) in [6.07, 6.45) is 0. The van der Waals surface area contributed by atoms with Crippen LogP contribution in [0, 0.1) is 20.8 Å². The number of carboxylic acids is 1. The van der Waals surface area contributed by atoms with Crippen LogP contribution in [0.15, 0.2) is 30.3 Å². The molecule has 0 spiro atoms. The molecule has 0 saturated heterocycles. The molecule has 0 bridgehead atoms. The molecule has 0 unspecified atom stereocenters. The number of nitrogens with zero attached hydrogens (tertiary/aromatic N) is 1. The fraction of sp³-hybridized carbons (Fsp3) is 0.235. The van der Waals surface area contributed by atoms with Crippen LogP contribution in [0.1, 0.15) is 27.0 Å². The van der Waals surface area contributed by atoms with Gasteiger partial charge in [0.2, 0.25) is 0 Å². The lowest BCUT2D eigenvalue weighted by Crippen LogP contribution is -2.13. The Bertz CT molecular complexity index is 707. The average Bonchev–Trinajstić information content (AvgIpc) is 2.42. The standard InChI is InChI=1S/C17H19NO3/c1-10-5-6-11(2)16(12(10)3)18(4)13-7-8-14(17(20)21)15(19)9-13/h5-9,19H,1-4H3,(H,20,21). The molecule has 4 nitrogen and oxygen atoms in total. The van der Waals surface area contributed by atoms with Gasteiger partial charge in [0.25, 0.3) is 0 Å². The summed E-state index contributed by atoms with van der Waals surface area (Å²) in [5, 5.41) is 18.8. The van der Waals surface area contributed by atoms with E-state index in [4.69, 9.17) is 5.11 Å². The monoisotopic (exact) mass is 285 g/mol. The molecule has 2 rings (SSSR count). The summed E-state index contributed by atoms with van der Waals surface area (Å²) in [5.41, 5.74) is 5.20. The van der Waals surface area contributed by atoms with Gasteiger partial charge in [0.05, 0.1) is 0 Å². The van der Waals surface area contributed by atoms with Crippen LogP contribution in [-0.2, 0) is 0 Å². The summed E-state index contributed by atoms with van der Waals surface area (Å²) in [4.78, 5) is 12.9. The van der Waals surface area contributed by atoms with Crippen molar-refractivity contribution in [2.24, 2.45) is 0 Å². The van der Waals surface area contributed by atoms with E-state index in [0.717, 1.165) is 16.9 Å². The number of benzene rings is 2. The fourth-order valence-corrected chi connectivity index (χ4v) is 2.49. The molecule has 0 fully saturated rings. The van der Waals surface area contributed by atoms with E-state index in [-0.39, 0.29) is 11.3 Å². The van der Waals surface area contributed by atoms with Crippen molar-refractivity contribution in [2.75, 3.05) is 11.9 Å². The number of carbonyl (C=O) groups is 1. The van der Waals surface area contributed by atoms with Gasteiger partial charge in [-0.1, -0.05) is 12.1 Å². The molecule has 21 heavy (non-hydrogen) atoms. The van der Waals surface area contributed by atoms with E-state index in [1.165, 1.54) is 23.3 Å². The topological polar surface area (TPSA) is 60.8 Å². The first-order chi connectivity index (χ1) is 9.82. The summed E-state index contributed by atoms with van der Waals surface area (Å²) in [7, 11) is 1.91. The van der Waals surface area contributed by atoms with Crippen molar-refractivity contribution >= 4 is 17.3 Å². The molecule has 2 N–H and O–H groups in total. The zero-order chi connectivity index (χ0) is 15.7. The van der Waals surface area contributed by atoms with E-state index in [1.54, 1.807) is 6.07 Å². The molecule has 110 valence electrons. The number of hydrogen-bond donors (Lipinski definition) is 2. The molecule has 4 heteroatoms. The van der Waals surface area contributed by atoms with Crippen molar-refractivity contribution in [3.63, 3.8) is 0 Å². The van der Waals surface area contributed by atoms with Gasteiger partial charge in [0.1, 0.15) is 11.3 Å². The van der Waals surface area contributed by atoms with E-state index < -0.39 is 5.97 Å². The maximum Gasteiger partial charge on any atom is 0.339 e. The van der Waals surface area contributed by atoms with Gasteiger partial charge in [-0.3, -0.25) is 0 Å². The third-order valence-electron chi connectivity index (χ3n) is 3.84. The summed E-state index contributed by atoms with van der Waals surface area (Å²) >= 11 is 0. The number of rotatable bonds is 3. The van der Waals surface area contributed by atoms with Gasteiger partial charge < -0.3 is 15.1 Å². The summed E-state index contributed by atoms with van der Waals surface area (Å²) in [6.45, 7) is 6.14. The second kappa shape index (κ2) is 5.48. The predicted molar refractivity (Wildman–Crippen MR) is 83.8 cm³/mol. The molecule has 0 atom stereocenters. The third-order valence-corrected chi connectivity index (χ3v) is 3.84. The highest BCUT2D eigenvalue weighted by Crippen LogP contribution is 2.34. The van der Waals surface area contributed by atoms with Crippen LogP contribution in [0.3, 0.4) is 0 Å². The van der Waals surface area contributed by atoms with Crippen molar-refractivity contribution in [3.8, 4) is 5.75 Å². The second-order valence-corrected chi connectivity index (χ2v) is 5.24. The highest BCUT2D eigenvalue weighted by molar-refractivity contribution is 5.91. The number of anilines is 2. The molecule has 0 heterocycles. The molecular formula is C17H19NO3. The van der Waals surface area contributed by atoms with Gasteiger partial charge in [0.15, 0.2) is 0 Å². The van der Waals surface area contributed by atoms with Crippen LogP contribution in [0.25, 0.3) is 0 Å². The molecule has 0 aromatic heterocycles. The summed E-state index contributed by atoms with van der Waals surface area (Å²) in [5.74, 6) is -1.36. The molecule has 0 aliphatic carbocycles. The predicted octanol–water partition coefficient (Wildman–Crippen LogP) is 3.78.